The highest BCUT2D eigenvalue weighted by Crippen LogP contribution is 2.38. The molecule has 3 rings (SSSR count). The lowest BCUT2D eigenvalue weighted by atomic mass is 9.79. The molecule has 0 radical (unpaired) electrons. The van der Waals surface area contributed by atoms with Gasteiger partial charge in [-0.2, -0.15) is 0 Å². The summed E-state index contributed by atoms with van der Waals surface area (Å²) >= 11 is 0. The quantitative estimate of drug-likeness (QED) is 0.306. The first-order valence-corrected chi connectivity index (χ1v) is 11.9. The minimum absolute atomic E-state index is 0.115. The van der Waals surface area contributed by atoms with Gasteiger partial charge < -0.3 is 30.7 Å². The molecular weight excluding hydrogens is 472 g/mol. The number of rotatable bonds is 9. The monoisotopic (exact) mass is 504 g/mol. The third kappa shape index (κ3) is 5.92. The van der Waals surface area contributed by atoms with Gasteiger partial charge in [-0.15, -0.1) is 0 Å². The van der Waals surface area contributed by atoms with Gasteiger partial charge in [0, 0.05) is 37.8 Å². The smallest absolute Gasteiger partial charge is 0.326 e. The van der Waals surface area contributed by atoms with Crippen molar-refractivity contribution >= 4 is 35.4 Å². The predicted octanol–water partition coefficient (Wildman–Crippen LogP) is -0.203. The first-order valence-electron chi connectivity index (χ1n) is 11.9. The molecule has 3 unspecified atom stereocenters. The first kappa shape index (κ1) is 26.9. The van der Waals surface area contributed by atoms with Crippen LogP contribution in [-0.4, -0.2) is 68.3 Å². The highest BCUT2D eigenvalue weighted by Gasteiger charge is 2.43. The molecule has 0 bridgehead atoms. The van der Waals surface area contributed by atoms with E-state index in [1.165, 1.54) is 6.92 Å². The summed E-state index contributed by atoms with van der Waals surface area (Å²) in [6.45, 7) is 5.05. The number of carbonyl (C=O) groups is 6. The predicted molar refractivity (Wildman–Crippen MR) is 125 cm³/mol. The minimum atomic E-state index is -1.62. The molecule has 12 nitrogen and oxygen atoms in total. The van der Waals surface area contributed by atoms with Crippen LogP contribution < -0.4 is 16.0 Å². The lowest BCUT2D eigenvalue weighted by Gasteiger charge is -2.33. The van der Waals surface area contributed by atoms with Gasteiger partial charge in [-0.1, -0.05) is 13.8 Å². The van der Waals surface area contributed by atoms with Gasteiger partial charge in [-0.05, 0) is 30.4 Å². The normalized spacial score (nSPS) is 22.6. The zero-order chi connectivity index (χ0) is 26.7. The summed E-state index contributed by atoms with van der Waals surface area (Å²) in [5.74, 6) is -6.37. The Balaban J connectivity index is 1.83. The molecule has 0 saturated carbocycles. The Bertz CT molecular complexity index is 1080. The summed E-state index contributed by atoms with van der Waals surface area (Å²) in [6, 6.07) is -1.06. The summed E-state index contributed by atoms with van der Waals surface area (Å²) < 4.78 is 1.79. The summed E-state index contributed by atoms with van der Waals surface area (Å²) in [4.78, 5) is 73.3. The van der Waals surface area contributed by atoms with Crippen LogP contribution in [0.3, 0.4) is 0 Å². The van der Waals surface area contributed by atoms with E-state index in [2.05, 4.69) is 16.0 Å². The first-order chi connectivity index (χ1) is 16.9. The van der Waals surface area contributed by atoms with Crippen molar-refractivity contribution in [2.24, 2.45) is 11.8 Å². The lowest BCUT2D eigenvalue weighted by Crippen LogP contribution is -2.54. The number of ketones is 1. The molecule has 1 aromatic heterocycles. The van der Waals surface area contributed by atoms with Gasteiger partial charge in [-0.3, -0.25) is 24.0 Å². The van der Waals surface area contributed by atoms with Crippen LogP contribution in [0.2, 0.25) is 0 Å². The molecule has 0 fully saturated rings. The lowest BCUT2D eigenvalue weighted by molar-refractivity contribution is -0.147. The molecule has 0 spiro atoms. The third-order valence-corrected chi connectivity index (χ3v) is 6.73. The zero-order valence-corrected chi connectivity index (χ0v) is 20.4. The maximum absolute atomic E-state index is 13.5. The fourth-order valence-electron chi connectivity index (χ4n) is 5.02. The van der Waals surface area contributed by atoms with Gasteiger partial charge >= 0.3 is 11.9 Å². The fraction of sp³-hybridized carbons (Fsp3) is 0.583. The SMILES string of the molecule is CC(=O)NC(C(=O)N[C@H]1CCc2ccn3c2C1C(=O)C[C@H](C(=O)NC(CC(=O)O)C(=O)O)C3)C(C)C. The van der Waals surface area contributed by atoms with Crippen molar-refractivity contribution in [1.29, 1.82) is 0 Å². The number of aryl methyl sites for hydroxylation is 1. The summed E-state index contributed by atoms with van der Waals surface area (Å²) in [5.41, 5.74) is 1.66. The van der Waals surface area contributed by atoms with Gasteiger partial charge in [0.1, 0.15) is 17.9 Å². The summed E-state index contributed by atoms with van der Waals surface area (Å²) in [7, 11) is 0. The van der Waals surface area contributed by atoms with Crippen molar-refractivity contribution < 1.29 is 39.0 Å². The van der Waals surface area contributed by atoms with Gasteiger partial charge in [-0.25, -0.2) is 4.79 Å². The second-order valence-corrected chi connectivity index (χ2v) is 9.80. The molecule has 2 heterocycles. The third-order valence-electron chi connectivity index (χ3n) is 6.73. The number of hydrogen-bond donors (Lipinski definition) is 5. The number of nitrogens with zero attached hydrogens (tertiary/aromatic N) is 1. The second kappa shape index (κ2) is 10.9. The van der Waals surface area contributed by atoms with Crippen LogP contribution in [-0.2, 0) is 41.7 Å². The van der Waals surface area contributed by atoms with Crippen LogP contribution in [0.25, 0.3) is 0 Å². The molecule has 3 amide bonds. The Morgan fingerprint density at radius 2 is 1.83 bits per heavy atom. The van der Waals surface area contributed by atoms with Crippen molar-refractivity contribution in [3.05, 3.63) is 23.5 Å². The molecule has 1 aromatic rings. The molecule has 196 valence electrons. The Morgan fingerprint density at radius 3 is 2.42 bits per heavy atom. The Labute approximate surface area is 207 Å². The Hall–Kier alpha value is -3.70. The van der Waals surface area contributed by atoms with Crippen LogP contribution in [0.15, 0.2) is 12.3 Å². The maximum atomic E-state index is 13.5. The van der Waals surface area contributed by atoms with Crippen molar-refractivity contribution in [3.63, 3.8) is 0 Å². The molecule has 1 aliphatic heterocycles. The highest BCUT2D eigenvalue weighted by molar-refractivity contribution is 5.95. The van der Waals surface area contributed by atoms with Crippen molar-refractivity contribution in [2.45, 2.75) is 77.0 Å². The zero-order valence-electron chi connectivity index (χ0n) is 20.4. The molecule has 2 aliphatic rings. The minimum Gasteiger partial charge on any atom is -0.481 e. The standard InChI is InChI=1S/C24H32N4O8/c1-11(2)20(25-12(3)29)23(34)26-15-5-4-13-6-7-28-10-14(8-17(30)19(15)21(13)28)22(33)27-16(24(35)36)9-18(31)32/h6-7,11,14-16,19-20H,4-5,8-10H2,1-3H3,(H,25,29)(H,26,34)(H,27,33)(H,31,32)(H,35,36)/t14-,15-,16?,19?,20?/m0/s1. The van der Waals surface area contributed by atoms with Crippen molar-refractivity contribution in [2.75, 3.05) is 0 Å². The molecule has 0 aromatic carbocycles. The van der Waals surface area contributed by atoms with E-state index in [9.17, 15) is 33.9 Å². The van der Waals surface area contributed by atoms with E-state index in [-0.39, 0.29) is 30.6 Å². The maximum Gasteiger partial charge on any atom is 0.326 e. The average Bonchev–Trinajstić information content (AvgIpc) is 3.10. The van der Waals surface area contributed by atoms with Crippen molar-refractivity contribution in [3.8, 4) is 0 Å². The van der Waals surface area contributed by atoms with E-state index in [4.69, 9.17) is 5.11 Å². The number of carboxylic acid groups (broad SMARTS) is 2. The molecule has 36 heavy (non-hydrogen) atoms. The number of carbonyl (C=O) groups excluding carboxylic acids is 4. The fourth-order valence-corrected chi connectivity index (χ4v) is 5.02. The largest absolute Gasteiger partial charge is 0.481 e. The molecule has 1 aliphatic carbocycles. The van der Waals surface area contributed by atoms with Crippen LogP contribution in [0, 0.1) is 11.8 Å². The van der Waals surface area contributed by atoms with Crippen LogP contribution in [0.4, 0.5) is 0 Å². The number of hydrogen-bond acceptors (Lipinski definition) is 6. The number of carboxylic acids is 2. The van der Waals surface area contributed by atoms with Crippen LogP contribution >= 0.6 is 0 Å². The number of Topliss-reactive ketones (excluding diaryl/α,β-unsaturated/α-hetero) is 1. The number of aliphatic carboxylic acids is 2. The van der Waals surface area contributed by atoms with E-state index < -0.39 is 60.1 Å². The summed E-state index contributed by atoms with van der Waals surface area (Å²) in [5, 5.41) is 26.0. The van der Waals surface area contributed by atoms with Gasteiger partial charge in [0.2, 0.25) is 17.7 Å². The van der Waals surface area contributed by atoms with E-state index in [0.717, 1.165) is 5.56 Å². The van der Waals surface area contributed by atoms with Crippen LogP contribution in [0.5, 0.6) is 0 Å². The molecule has 5 atom stereocenters. The van der Waals surface area contributed by atoms with Crippen molar-refractivity contribution in [1.82, 2.24) is 20.5 Å². The van der Waals surface area contributed by atoms with E-state index in [0.29, 0.717) is 18.5 Å². The van der Waals surface area contributed by atoms with Gasteiger partial charge in [0.05, 0.1) is 18.3 Å². The Morgan fingerprint density at radius 1 is 1.14 bits per heavy atom. The molecule has 5 N–H and O–H groups in total. The molecular formula is C24H32N4O8. The van der Waals surface area contributed by atoms with Gasteiger partial charge in [0.25, 0.3) is 0 Å². The number of nitrogens with one attached hydrogen (secondary N) is 3. The number of amides is 3. The second-order valence-electron chi connectivity index (χ2n) is 9.80. The number of aromatic nitrogens is 1. The van der Waals surface area contributed by atoms with E-state index in [1.807, 2.05) is 6.07 Å². The van der Waals surface area contributed by atoms with E-state index in [1.54, 1.807) is 24.6 Å². The highest BCUT2D eigenvalue weighted by atomic mass is 16.4. The Kier molecular flexibility index (Phi) is 8.16. The van der Waals surface area contributed by atoms with Gasteiger partial charge in [0.15, 0.2) is 0 Å². The summed E-state index contributed by atoms with van der Waals surface area (Å²) in [6.07, 6.45) is 1.90. The average molecular weight is 505 g/mol. The van der Waals surface area contributed by atoms with Crippen LogP contribution in [0.1, 0.15) is 57.2 Å². The topological polar surface area (TPSA) is 184 Å². The van der Waals surface area contributed by atoms with E-state index >= 15 is 0 Å². The molecule has 12 heteroatoms. The molecule has 0 saturated heterocycles.